The fourth-order valence-electron chi connectivity index (χ4n) is 2.96. The standard InChI is InChI=1S/C18H17NO3/c1-13(20)11-18(22)15-9-5-6-10-16(15)19(17(18)21)12-14-7-3-2-4-8-14/h2-10,22H,11-12H2,1H3/t18-/m0/s1. The molecule has 0 bridgehead atoms. The van der Waals surface area contributed by atoms with Crippen molar-refractivity contribution in [2.75, 3.05) is 4.90 Å². The quantitative estimate of drug-likeness (QED) is 0.942. The Labute approximate surface area is 129 Å². The van der Waals surface area contributed by atoms with Crippen LogP contribution in [-0.2, 0) is 21.7 Å². The average Bonchev–Trinajstić information content (AvgIpc) is 2.70. The SMILES string of the molecule is CC(=O)C[C@@]1(O)C(=O)N(Cc2ccccc2)c2ccccc21. The zero-order valence-electron chi connectivity index (χ0n) is 12.3. The third kappa shape index (κ3) is 2.31. The molecule has 4 nitrogen and oxygen atoms in total. The van der Waals surface area contributed by atoms with E-state index in [0.29, 0.717) is 17.8 Å². The fraction of sp³-hybridized carbons (Fsp3) is 0.222. The molecule has 1 heterocycles. The number of nitrogens with zero attached hydrogens (tertiary/aromatic N) is 1. The maximum Gasteiger partial charge on any atom is 0.264 e. The summed E-state index contributed by atoms with van der Waals surface area (Å²) in [7, 11) is 0. The van der Waals surface area contributed by atoms with Gasteiger partial charge in [-0.25, -0.2) is 0 Å². The summed E-state index contributed by atoms with van der Waals surface area (Å²) in [5, 5.41) is 10.8. The minimum atomic E-state index is -1.75. The first kappa shape index (κ1) is 14.5. The number of rotatable bonds is 4. The molecule has 0 aliphatic carbocycles. The highest BCUT2D eigenvalue weighted by molar-refractivity contribution is 6.08. The second kappa shape index (κ2) is 5.39. The van der Waals surface area contributed by atoms with Crippen LogP contribution in [0, 0.1) is 0 Å². The Morgan fingerprint density at radius 2 is 1.73 bits per heavy atom. The van der Waals surface area contributed by atoms with Gasteiger partial charge >= 0.3 is 0 Å². The van der Waals surface area contributed by atoms with Crippen molar-refractivity contribution in [1.29, 1.82) is 0 Å². The van der Waals surface area contributed by atoms with E-state index in [1.165, 1.54) is 6.92 Å². The minimum Gasteiger partial charge on any atom is -0.375 e. The van der Waals surface area contributed by atoms with Crippen molar-refractivity contribution in [3.05, 3.63) is 65.7 Å². The summed E-state index contributed by atoms with van der Waals surface area (Å²) in [6.07, 6.45) is -0.200. The van der Waals surface area contributed by atoms with Gasteiger partial charge in [-0.2, -0.15) is 0 Å². The van der Waals surface area contributed by atoms with Crippen molar-refractivity contribution in [2.24, 2.45) is 0 Å². The number of fused-ring (bicyclic) bond motifs is 1. The number of hydrogen-bond acceptors (Lipinski definition) is 3. The molecular formula is C18H17NO3. The molecule has 0 saturated carbocycles. The van der Waals surface area contributed by atoms with Crippen LogP contribution in [0.1, 0.15) is 24.5 Å². The second-order valence-corrected chi connectivity index (χ2v) is 5.63. The van der Waals surface area contributed by atoms with Crippen LogP contribution >= 0.6 is 0 Å². The Balaban J connectivity index is 2.02. The van der Waals surface area contributed by atoms with E-state index in [9.17, 15) is 14.7 Å². The number of aliphatic hydroxyl groups is 1. The fourth-order valence-corrected chi connectivity index (χ4v) is 2.96. The number of carbonyl (C=O) groups is 2. The summed E-state index contributed by atoms with van der Waals surface area (Å²) in [6, 6.07) is 16.7. The van der Waals surface area contributed by atoms with E-state index in [4.69, 9.17) is 0 Å². The Morgan fingerprint density at radius 3 is 2.41 bits per heavy atom. The number of Topliss-reactive ketones (excluding diaryl/α,β-unsaturated/α-hetero) is 1. The van der Waals surface area contributed by atoms with Crippen LogP contribution in [-0.4, -0.2) is 16.8 Å². The highest BCUT2D eigenvalue weighted by Crippen LogP contribution is 2.42. The lowest BCUT2D eigenvalue weighted by atomic mass is 9.90. The Bertz CT molecular complexity index is 726. The molecule has 0 radical (unpaired) electrons. The topological polar surface area (TPSA) is 57.6 Å². The zero-order valence-corrected chi connectivity index (χ0v) is 12.3. The molecule has 1 N–H and O–H groups in total. The highest BCUT2D eigenvalue weighted by atomic mass is 16.3. The number of benzene rings is 2. The van der Waals surface area contributed by atoms with Crippen LogP contribution < -0.4 is 4.90 Å². The van der Waals surface area contributed by atoms with E-state index in [-0.39, 0.29) is 12.2 Å². The number of hydrogen-bond donors (Lipinski definition) is 1. The first-order chi connectivity index (χ1) is 10.5. The van der Waals surface area contributed by atoms with Crippen molar-refractivity contribution >= 4 is 17.4 Å². The van der Waals surface area contributed by atoms with Crippen molar-refractivity contribution in [1.82, 2.24) is 0 Å². The smallest absolute Gasteiger partial charge is 0.264 e. The van der Waals surface area contributed by atoms with E-state index in [0.717, 1.165) is 5.56 Å². The van der Waals surface area contributed by atoms with Crippen molar-refractivity contribution in [3.63, 3.8) is 0 Å². The maximum absolute atomic E-state index is 12.7. The molecule has 22 heavy (non-hydrogen) atoms. The van der Waals surface area contributed by atoms with Crippen LogP contribution in [0.5, 0.6) is 0 Å². The van der Waals surface area contributed by atoms with Crippen LogP contribution in [0.15, 0.2) is 54.6 Å². The van der Waals surface area contributed by atoms with E-state index in [1.54, 1.807) is 23.1 Å². The number of ketones is 1. The predicted molar refractivity (Wildman–Crippen MR) is 83.3 cm³/mol. The zero-order chi connectivity index (χ0) is 15.7. The third-order valence-corrected chi connectivity index (χ3v) is 3.93. The van der Waals surface area contributed by atoms with Gasteiger partial charge in [0.2, 0.25) is 0 Å². The number of carbonyl (C=O) groups excluding carboxylic acids is 2. The molecular weight excluding hydrogens is 278 g/mol. The molecule has 1 amide bonds. The van der Waals surface area contributed by atoms with Crippen LogP contribution in [0.3, 0.4) is 0 Å². The summed E-state index contributed by atoms with van der Waals surface area (Å²) in [5.74, 6) is -0.653. The summed E-state index contributed by atoms with van der Waals surface area (Å²) in [5.41, 5.74) is 0.390. The third-order valence-electron chi connectivity index (χ3n) is 3.93. The van der Waals surface area contributed by atoms with Crippen LogP contribution in [0.2, 0.25) is 0 Å². The van der Waals surface area contributed by atoms with Gasteiger partial charge in [0.15, 0.2) is 5.60 Å². The largest absolute Gasteiger partial charge is 0.375 e. The van der Waals surface area contributed by atoms with Crippen LogP contribution in [0.4, 0.5) is 5.69 Å². The predicted octanol–water partition coefficient (Wildman–Crippen LogP) is 2.40. The molecule has 2 aromatic carbocycles. The van der Waals surface area contributed by atoms with E-state index in [1.807, 2.05) is 36.4 Å². The van der Waals surface area contributed by atoms with Gasteiger partial charge in [0.1, 0.15) is 5.78 Å². The molecule has 1 aliphatic rings. The molecule has 0 fully saturated rings. The Hall–Kier alpha value is -2.46. The first-order valence-electron chi connectivity index (χ1n) is 7.19. The summed E-state index contributed by atoms with van der Waals surface area (Å²) < 4.78 is 0. The monoisotopic (exact) mass is 295 g/mol. The molecule has 4 heteroatoms. The van der Waals surface area contributed by atoms with E-state index < -0.39 is 11.5 Å². The van der Waals surface area contributed by atoms with Crippen molar-refractivity contribution in [3.8, 4) is 0 Å². The number of para-hydroxylation sites is 1. The maximum atomic E-state index is 12.7. The molecule has 0 unspecified atom stereocenters. The summed E-state index contributed by atoms with van der Waals surface area (Å²) in [4.78, 5) is 25.8. The van der Waals surface area contributed by atoms with Gasteiger partial charge in [0, 0.05) is 12.0 Å². The minimum absolute atomic E-state index is 0.200. The van der Waals surface area contributed by atoms with Gasteiger partial charge < -0.3 is 10.0 Å². The summed E-state index contributed by atoms with van der Waals surface area (Å²) in [6.45, 7) is 1.75. The van der Waals surface area contributed by atoms with Gasteiger partial charge in [-0.3, -0.25) is 9.59 Å². The lowest BCUT2D eigenvalue weighted by Crippen LogP contribution is -2.41. The summed E-state index contributed by atoms with van der Waals surface area (Å²) >= 11 is 0. The van der Waals surface area contributed by atoms with Crippen molar-refractivity contribution in [2.45, 2.75) is 25.5 Å². The number of amides is 1. The van der Waals surface area contributed by atoms with Gasteiger partial charge in [-0.1, -0.05) is 48.5 Å². The molecule has 1 aliphatic heterocycles. The van der Waals surface area contributed by atoms with E-state index >= 15 is 0 Å². The van der Waals surface area contributed by atoms with Gasteiger partial charge in [-0.05, 0) is 18.6 Å². The average molecular weight is 295 g/mol. The Morgan fingerprint density at radius 1 is 1.09 bits per heavy atom. The highest BCUT2D eigenvalue weighted by Gasteiger charge is 2.50. The lowest BCUT2D eigenvalue weighted by Gasteiger charge is -2.22. The Kier molecular flexibility index (Phi) is 3.54. The van der Waals surface area contributed by atoms with Gasteiger partial charge in [-0.15, -0.1) is 0 Å². The molecule has 112 valence electrons. The molecule has 3 rings (SSSR count). The molecule has 2 aromatic rings. The normalized spacial score (nSPS) is 20.1. The second-order valence-electron chi connectivity index (χ2n) is 5.63. The number of anilines is 1. The molecule has 0 aromatic heterocycles. The molecule has 0 saturated heterocycles. The van der Waals surface area contributed by atoms with Crippen molar-refractivity contribution < 1.29 is 14.7 Å². The molecule has 1 atom stereocenters. The first-order valence-corrected chi connectivity index (χ1v) is 7.19. The lowest BCUT2D eigenvalue weighted by molar-refractivity contribution is -0.141. The van der Waals surface area contributed by atoms with Crippen LogP contribution in [0.25, 0.3) is 0 Å². The van der Waals surface area contributed by atoms with Gasteiger partial charge in [0.05, 0.1) is 12.2 Å². The van der Waals surface area contributed by atoms with E-state index in [2.05, 4.69) is 0 Å². The van der Waals surface area contributed by atoms with Gasteiger partial charge in [0.25, 0.3) is 5.91 Å². The molecule has 0 spiro atoms.